The summed E-state index contributed by atoms with van der Waals surface area (Å²) in [7, 11) is 0. The number of aliphatic carboxylic acids is 1. The monoisotopic (exact) mass is 545 g/mol. The van der Waals surface area contributed by atoms with Crippen molar-refractivity contribution in [2.24, 2.45) is 5.92 Å². The van der Waals surface area contributed by atoms with Crippen molar-refractivity contribution in [1.29, 1.82) is 0 Å². The Morgan fingerprint density at radius 2 is 1.74 bits per heavy atom. The van der Waals surface area contributed by atoms with Crippen LogP contribution in [0.5, 0.6) is 0 Å². The number of carbonyl (C=O) groups is 2. The van der Waals surface area contributed by atoms with Crippen molar-refractivity contribution < 1.29 is 33.6 Å². The fourth-order valence-corrected chi connectivity index (χ4v) is 6.29. The number of thioether (sulfide) groups is 1. The van der Waals surface area contributed by atoms with E-state index in [1.54, 1.807) is 11.8 Å². The van der Waals surface area contributed by atoms with E-state index in [1.165, 1.54) is 50.5 Å². The second-order valence-electron chi connectivity index (χ2n) is 10.7. The van der Waals surface area contributed by atoms with E-state index in [1.807, 2.05) is 30.5 Å². The first-order valence-electron chi connectivity index (χ1n) is 14.4. The number of carboxylic acids is 1. The molecule has 208 valence electrons. The third kappa shape index (κ3) is 9.42. The minimum atomic E-state index is -0.999. The van der Waals surface area contributed by atoms with E-state index in [-0.39, 0.29) is 30.8 Å². The maximum absolute atomic E-state index is 13.5. The number of aryl methyl sites for hydroxylation is 1. The zero-order valence-corrected chi connectivity index (χ0v) is 25.4. The number of carbonyl (C=O) groups excluding carboxylic acids is 1. The Kier molecular flexibility index (Phi) is 14.8. The molecular formula is C32H46LiN2O3S+. The molecule has 3 atom stereocenters. The molecule has 3 rings (SSSR count). The smallest absolute Gasteiger partial charge is 0.480 e. The van der Waals surface area contributed by atoms with Crippen LogP contribution in [0.25, 0.3) is 11.1 Å². The molecule has 39 heavy (non-hydrogen) atoms. The first-order chi connectivity index (χ1) is 18.4. The fraction of sp³-hybridized carbons (Fsp3) is 0.562. The van der Waals surface area contributed by atoms with Gasteiger partial charge in [0.2, 0.25) is 0 Å². The van der Waals surface area contributed by atoms with Crippen LogP contribution in [-0.4, -0.2) is 41.1 Å². The molecule has 0 radical (unpaired) electrons. The fourth-order valence-electron chi connectivity index (χ4n) is 5.81. The molecule has 0 aliphatic heterocycles. The molecule has 1 aliphatic carbocycles. The van der Waals surface area contributed by atoms with Crippen molar-refractivity contribution in [1.82, 2.24) is 10.6 Å². The molecule has 2 aromatic rings. The van der Waals surface area contributed by atoms with Gasteiger partial charge in [-0.3, -0.25) is 4.79 Å². The predicted octanol–water partition coefficient (Wildman–Crippen LogP) is 4.39. The van der Waals surface area contributed by atoms with Gasteiger partial charge < -0.3 is 15.7 Å². The molecule has 1 amide bonds. The Morgan fingerprint density at radius 3 is 2.36 bits per heavy atom. The summed E-state index contributed by atoms with van der Waals surface area (Å²) < 4.78 is 0. The molecule has 0 saturated heterocycles. The molecule has 0 heterocycles. The molecule has 3 unspecified atom stereocenters. The standard InChI is InChI=1S/C32H46N2O3S.Li/c1-5-12-29(23-14-8-7-9-15-23)33-28(6-2)24-17-18-26(27(21-24)25-16-11-10-13-22(25)3)31(35)34-30(32(36)37)19-20-38-4;/h10-11,13,16-18,21,23,28-30,33H,5-9,12,14-15,19-20H2,1-4H3,(H,34,35)(H,36,37);/q;+1. The summed E-state index contributed by atoms with van der Waals surface area (Å²) in [6, 6.07) is 14.0. The van der Waals surface area contributed by atoms with E-state index >= 15 is 0 Å². The van der Waals surface area contributed by atoms with Crippen molar-refractivity contribution >= 4 is 23.6 Å². The summed E-state index contributed by atoms with van der Waals surface area (Å²) in [5, 5.41) is 16.5. The van der Waals surface area contributed by atoms with Crippen molar-refractivity contribution in [3.8, 4) is 11.1 Å². The van der Waals surface area contributed by atoms with Gasteiger partial charge in [0.05, 0.1) is 0 Å². The van der Waals surface area contributed by atoms with Crippen molar-refractivity contribution in [3.63, 3.8) is 0 Å². The number of benzene rings is 2. The van der Waals surface area contributed by atoms with Gasteiger partial charge in [-0.05, 0) is 91.3 Å². The number of rotatable bonds is 14. The Balaban J connectivity index is 0.00000533. The average Bonchev–Trinajstić information content (AvgIpc) is 2.93. The molecule has 0 bridgehead atoms. The first kappa shape index (κ1) is 33.5. The van der Waals surface area contributed by atoms with Crippen LogP contribution in [0, 0.1) is 12.8 Å². The zero-order valence-electron chi connectivity index (χ0n) is 24.6. The van der Waals surface area contributed by atoms with Gasteiger partial charge in [-0.25, -0.2) is 4.79 Å². The Bertz CT molecular complexity index is 1060. The van der Waals surface area contributed by atoms with Gasteiger partial charge in [0.15, 0.2) is 0 Å². The van der Waals surface area contributed by atoms with Crippen LogP contribution in [0.2, 0.25) is 0 Å². The van der Waals surface area contributed by atoms with Crippen LogP contribution in [0.1, 0.15) is 99.2 Å². The molecule has 1 saturated carbocycles. The zero-order chi connectivity index (χ0) is 27.5. The molecule has 0 aromatic heterocycles. The molecule has 1 aliphatic rings. The molecule has 0 spiro atoms. The number of amides is 1. The van der Waals surface area contributed by atoms with E-state index in [0.717, 1.165) is 29.0 Å². The topological polar surface area (TPSA) is 78.4 Å². The number of hydrogen-bond donors (Lipinski definition) is 3. The number of nitrogens with one attached hydrogen (secondary N) is 2. The molecule has 3 N–H and O–H groups in total. The average molecular weight is 546 g/mol. The van der Waals surface area contributed by atoms with Gasteiger partial charge in [-0.2, -0.15) is 11.8 Å². The number of carboxylic acid groups (broad SMARTS) is 1. The van der Waals surface area contributed by atoms with Crippen LogP contribution in [0.3, 0.4) is 0 Å². The largest absolute Gasteiger partial charge is 1.00 e. The molecule has 2 aromatic carbocycles. The minimum Gasteiger partial charge on any atom is -0.480 e. The molecule has 1 fully saturated rings. The maximum atomic E-state index is 13.5. The van der Waals surface area contributed by atoms with Gasteiger partial charge >= 0.3 is 24.8 Å². The molecule has 5 nitrogen and oxygen atoms in total. The van der Waals surface area contributed by atoms with Crippen LogP contribution in [0.15, 0.2) is 42.5 Å². The summed E-state index contributed by atoms with van der Waals surface area (Å²) in [6.07, 6.45) is 12.3. The summed E-state index contributed by atoms with van der Waals surface area (Å²) in [6.45, 7) is 6.54. The molecular weight excluding hydrogens is 499 g/mol. The SMILES string of the molecule is CCCC(NC(CC)c1ccc(C(=O)NC(CCSC)C(=O)O)c(-c2ccccc2C)c1)C1CCCCC1.[Li+]. The van der Waals surface area contributed by atoms with Gasteiger partial charge in [0.1, 0.15) is 6.04 Å². The third-order valence-electron chi connectivity index (χ3n) is 7.98. The Morgan fingerprint density at radius 1 is 1.03 bits per heavy atom. The predicted molar refractivity (Wildman–Crippen MR) is 160 cm³/mol. The van der Waals surface area contributed by atoms with Gasteiger partial charge in [-0.15, -0.1) is 0 Å². The quantitative estimate of drug-likeness (QED) is 0.307. The van der Waals surface area contributed by atoms with E-state index < -0.39 is 12.0 Å². The van der Waals surface area contributed by atoms with E-state index in [9.17, 15) is 14.7 Å². The minimum absolute atomic E-state index is 0. The Hall–Kier alpha value is -1.71. The van der Waals surface area contributed by atoms with E-state index in [4.69, 9.17) is 0 Å². The summed E-state index contributed by atoms with van der Waals surface area (Å²) in [4.78, 5) is 25.3. The first-order valence-corrected chi connectivity index (χ1v) is 15.8. The normalized spacial score (nSPS) is 16.1. The molecule has 7 heteroatoms. The van der Waals surface area contributed by atoms with Crippen LogP contribution in [-0.2, 0) is 4.79 Å². The second kappa shape index (κ2) is 17.2. The van der Waals surface area contributed by atoms with Crippen LogP contribution >= 0.6 is 11.8 Å². The van der Waals surface area contributed by atoms with E-state index in [2.05, 4.69) is 49.6 Å². The van der Waals surface area contributed by atoms with E-state index in [0.29, 0.717) is 23.8 Å². The van der Waals surface area contributed by atoms with Crippen molar-refractivity contribution in [3.05, 3.63) is 59.2 Å². The maximum Gasteiger partial charge on any atom is 1.00 e. The van der Waals surface area contributed by atoms with Crippen LogP contribution in [0.4, 0.5) is 0 Å². The van der Waals surface area contributed by atoms with Gasteiger partial charge in [0.25, 0.3) is 5.91 Å². The summed E-state index contributed by atoms with van der Waals surface area (Å²) in [5.74, 6) is 0.0644. The van der Waals surface area contributed by atoms with Gasteiger partial charge in [-0.1, -0.05) is 69.9 Å². The van der Waals surface area contributed by atoms with Crippen molar-refractivity contribution in [2.75, 3.05) is 12.0 Å². The van der Waals surface area contributed by atoms with Crippen LogP contribution < -0.4 is 29.5 Å². The second-order valence-corrected chi connectivity index (χ2v) is 11.7. The van der Waals surface area contributed by atoms with Crippen molar-refractivity contribution in [2.45, 2.75) is 96.7 Å². The van der Waals surface area contributed by atoms with Gasteiger partial charge in [0, 0.05) is 17.6 Å². The number of hydrogen-bond acceptors (Lipinski definition) is 4. The third-order valence-corrected chi connectivity index (χ3v) is 8.63. The summed E-state index contributed by atoms with van der Waals surface area (Å²) >= 11 is 1.58. The Labute approximate surface area is 251 Å². The summed E-state index contributed by atoms with van der Waals surface area (Å²) in [5.41, 5.74) is 4.64.